The van der Waals surface area contributed by atoms with Gasteiger partial charge in [0, 0.05) is 41.9 Å². The molecule has 1 saturated heterocycles. The van der Waals surface area contributed by atoms with Crippen LogP contribution in [0.5, 0.6) is 0 Å². The predicted octanol–water partition coefficient (Wildman–Crippen LogP) is 3.76. The molecule has 3 aromatic carbocycles. The summed E-state index contributed by atoms with van der Waals surface area (Å²) in [5.74, 6) is 0.201. The molecule has 0 saturated carbocycles. The smallest absolute Gasteiger partial charge is 0.265 e. The summed E-state index contributed by atoms with van der Waals surface area (Å²) in [5.41, 5.74) is 17.7. The zero-order valence-corrected chi connectivity index (χ0v) is 22.7. The number of hydrogen-bond donors (Lipinski definition) is 3. The van der Waals surface area contributed by atoms with Gasteiger partial charge in [0.05, 0.1) is 35.9 Å². The van der Waals surface area contributed by atoms with Gasteiger partial charge in [-0.1, -0.05) is 6.07 Å². The number of sulfonamides is 1. The monoisotopic (exact) mass is 566 g/mol. The Morgan fingerprint density at radius 1 is 0.902 bits per heavy atom. The van der Waals surface area contributed by atoms with Gasteiger partial charge in [0.15, 0.2) is 0 Å². The normalized spacial score (nSPS) is 13.7. The zero-order valence-electron chi connectivity index (χ0n) is 21.9. The molecule has 0 unspecified atom stereocenters. The van der Waals surface area contributed by atoms with Crippen molar-refractivity contribution in [2.45, 2.75) is 4.90 Å². The second-order valence-electron chi connectivity index (χ2n) is 9.53. The molecule has 0 radical (unpaired) electrons. The number of anilines is 4. The number of nitrogens with two attached hydrogens (primary N) is 2. The molecule has 5 aromatic rings. The van der Waals surface area contributed by atoms with Gasteiger partial charge in [0.25, 0.3) is 10.0 Å². The summed E-state index contributed by atoms with van der Waals surface area (Å²) in [5, 5.41) is 8.99. The van der Waals surface area contributed by atoms with Crippen LogP contribution in [0.4, 0.5) is 23.1 Å². The highest BCUT2D eigenvalue weighted by Crippen LogP contribution is 2.31. The number of nitriles is 1. The first kappa shape index (κ1) is 26.1. The summed E-state index contributed by atoms with van der Waals surface area (Å²) in [4.78, 5) is 10.8. The number of aromatic nitrogens is 3. The maximum Gasteiger partial charge on any atom is 0.265 e. The lowest BCUT2D eigenvalue weighted by atomic mass is 10.1. The summed E-state index contributed by atoms with van der Waals surface area (Å²) in [6, 6.07) is 23.2. The van der Waals surface area contributed by atoms with Crippen LogP contribution < -0.4 is 21.1 Å². The summed E-state index contributed by atoms with van der Waals surface area (Å²) in [6.45, 7) is 3.10. The summed E-state index contributed by atoms with van der Waals surface area (Å²) in [7, 11) is -4.07. The van der Waals surface area contributed by atoms with E-state index < -0.39 is 10.0 Å². The SMILES string of the molecule is N#Cc1ccc(NS(=O)(=O)c2cc(-c3ccc4nc(N)n(-c5ccc(N6CCOCC6)cc5)c4c3)cnc2N)cc1. The van der Waals surface area contributed by atoms with Crippen molar-refractivity contribution in [3.63, 3.8) is 0 Å². The van der Waals surface area contributed by atoms with Crippen molar-refractivity contribution in [1.82, 2.24) is 14.5 Å². The molecule has 0 aliphatic carbocycles. The molecule has 0 bridgehead atoms. The number of nitrogens with zero attached hydrogens (tertiary/aromatic N) is 5. The van der Waals surface area contributed by atoms with Crippen molar-refractivity contribution in [1.29, 1.82) is 5.26 Å². The first-order valence-electron chi connectivity index (χ1n) is 12.8. The van der Waals surface area contributed by atoms with Crippen molar-refractivity contribution in [3.8, 4) is 22.9 Å². The number of nitrogens with one attached hydrogen (secondary N) is 1. The number of fused-ring (bicyclic) bond motifs is 1. The Morgan fingerprint density at radius 3 is 2.32 bits per heavy atom. The third-order valence-electron chi connectivity index (χ3n) is 6.94. The minimum Gasteiger partial charge on any atom is -0.383 e. The molecule has 0 spiro atoms. The lowest BCUT2D eigenvalue weighted by Gasteiger charge is -2.29. The number of imidazole rings is 1. The first-order chi connectivity index (χ1) is 19.8. The van der Waals surface area contributed by atoms with Gasteiger partial charge in [-0.3, -0.25) is 9.29 Å². The highest BCUT2D eigenvalue weighted by Gasteiger charge is 2.21. The van der Waals surface area contributed by atoms with E-state index in [2.05, 4.69) is 31.7 Å². The fourth-order valence-corrected chi connectivity index (χ4v) is 6.00. The van der Waals surface area contributed by atoms with Gasteiger partial charge in [-0.2, -0.15) is 5.26 Å². The van der Waals surface area contributed by atoms with E-state index >= 15 is 0 Å². The van der Waals surface area contributed by atoms with E-state index in [0.717, 1.165) is 30.0 Å². The summed E-state index contributed by atoms with van der Waals surface area (Å²) in [6.07, 6.45) is 1.53. The number of pyridine rings is 1. The Labute approximate surface area is 236 Å². The second kappa shape index (κ2) is 10.5. The quantitative estimate of drug-likeness (QED) is 0.277. The third kappa shape index (κ3) is 5.11. The van der Waals surface area contributed by atoms with Crippen LogP contribution in [-0.4, -0.2) is 49.3 Å². The summed E-state index contributed by atoms with van der Waals surface area (Å²) >= 11 is 0. The molecule has 0 atom stereocenters. The minimum absolute atomic E-state index is 0.134. The standard InChI is InChI=1S/C29H26N8O3S/c30-17-19-1-4-22(5-2-19)35-41(38,39)27-16-21(18-33-28(27)31)20-3-10-25-26(15-20)37(29(32)34-25)24-8-6-23(7-9-24)36-11-13-40-14-12-36/h1-10,15-16,18,35H,11-14H2,(H2,31,33)(H2,32,34). The molecule has 6 rings (SSSR count). The average Bonchev–Trinajstić information content (AvgIpc) is 3.33. The van der Waals surface area contributed by atoms with Crippen molar-refractivity contribution in [3.05, 3.63) is 84.6 Å². The molecule has 1 aliphatic rings. The van der Waals surface area contributed by atoms with Crippen molar-refractivity contribution in [2.24, 2.45) is 0 Å². The zero-order chi connectivity index (χ0) is 28.6. The second-order valence-corrected chi connectivity index (χ2v) is 11.2. The Kier molecular flexibility index (Phi) is 6.66. The van der Waals surface area contributed by atoms with E-state index in [0.29, 0.717) is 47.1 Å². The molecule has 12 heteroatoms. The van der Waals surface area contributed by atoms with Gasteiger partial charge >= 0.3 is 0 Å². The van der Waals surface area contributed by atoms with Gasteiger partial charge in [-0.05, 0) is 72.3 Å². The Morgan fingerprint density at radius 2 is 1.61 bits per heavy atom. The van der Waals surface area contributed by atoms with E-state index in [1.165, 1.54) is 36.5 Å². The lowest BCUT2D eigenvalue weighted by molar-refractivity contribution is 0.122. The molecular formula is C29H26N8O3S. The Hall–Kier alpha value is -5.12. The van der Waals surface area contributed by atoms with Crippen LogP contribution in [0.2, 0.25) is 0 Å². The number of benzene rings is 3. The van der Waals surface area contributed by atoms with E-state index in [1.54, 1.807) is 0 Å². The van der Waals surface area contributed by atoms with Crippen LogP contribution in [0.1, 0.15) is 5.56 Å². The highest BCUT2D eigenvalue weighted by atomic mass is 32.2. The molecular weight excluding hydrogens is 540 g/mol. The van der Waals surface area contributed by atoms with Crippen LogP contribution in [-0.2, 0) is 14.8 Å². The van der Waals surface area contributed by atoms with E-state index in [-0.39, 0.29) is 10.7 Å². The molecule has 1 aliphatic heterocycles. The molecule has 1 fully saturated rings. The number of hydrogen-bond acceptors (Lipinski definition) is 9. The van der Waals surface area contributed by atoms with Gasteiger partial charge in [-0.25, -0.2) is 18.4 Å². The van der Waals surface area contributed by atoms with Gasteiger partial charge in [-0.15, -0.1) is 0 Å². The topological polar surface area (TPSA) is 165 Å². The van der Waals surface area contributed by atoms with E-state index in [4.69, 9.17) is 21.5 Å². The summed E-state index contributed by atoms with van der Waals surface area (Å²) < 4.78 is 36.3. The molecule has 11 nitrogen and oxygen atoms in total. The number of rotatable bonds is 6. The first-order valence-corrected chi connectivity index (χ1v) is 14.3. The van der Waals surface area contributed by atoms with E-state index in [9.17, 15) is 8.42 Å². The molecule has 2 aromatic heterocycles. The third-order valence-corrected chi connectivity index (χ3v) is 8.35. The van der Waals surface area contributed by atoms with Gasteiger partial charge in [0.2, 0.25) is 5.95 Å². The fourth-order valence-electron chi connectivity index (χ4n) is 4.83. The Balaban J connectivity index is 1.34. The largest absolute Gasteiger partial charge is 0.383 e. The van der Waals surface area contributed by atoms with Crippen molar-refractivity contribution in [2.75, 3.05) is 47.4 Å². The molecule has 206 valence electrons. The maximum atomic E-state index is 13.2. The van der Waals surface area contributed by atoms with Crippen LogP contribution >= 0.6 is 0 Å². The van der Waals surface area contributed by atoms with Crippen LogP contribution in [0, 0.1) is 11.3 Å². The molecule has 5 N–H and O–H groups in total. The number of morpholine rings is 1. The maximum absolute atomic E-state index is 13.2. The fraction of sp³-hybridized carbons (Fsp3) is 0.138. The molecule has 41 heavy (non-hydrogen) atoms. The van der Waals surface area contributed by atoms with Gasteiger partial charge < -0.3 is 21.1 Å². The lowest BCUT2D eigenvalue weighted by Crippen LogP contribution is -2.36. The number of ether oxygens (including phenoxy) is 1. The minimum atomic E-state index is -4.07. The van der Waals surface area contributed by atoms with E-state index in [1.807, 2.05) is 41.0 Å². The van der Waals surface area contributed by atoms with Crippen molar-refractivity contribution < 1.29 is 13.2 Å². The van der Waals surface area contributed by atoms with Crippen LogP contribution in [0.3, 0.4) is 0 Å². The highest BCUT2D eigenvalue weighted by molar-refractivity contribution is 7.92. The Bertz CT molecular complexity index is 1890. The van der Waals surface area contributed by atoms with Crippen LogP contribution in [0.15, 0.2) is 83.9 Å². The molecule has 0 amide bonds. The predicted molar refractivity (Wildman–Crippen MR) is 158 cm³/mol. The van der Waals surface area contributed by atoms with Crippen molar-refractivity contribution >= 4 is 44.2 Å². The van der Waals surface area contributed by atoms with Gasteiger partial charge in [0.1, 0.15) is 10.7 Å². The number of nitrogen functional groups attached to an aromatic ring is 2. The van der Waals surface area contributed by atoms with Crippen LogP contribution in [0.25, 0.3) is 27.8 Å². The average molecular weight is 567 g/mol. The molecule has 3 heterocycles.